The second kappa shape index (κ2) is 9.40. The molecule has 0 aliphatic carbocycles. The number of esters is 1. The van der Waals surface area contributed by atoms with Gasteiger partial charge < -0.3 is 14.8 Å². The van der Waals surface area contributed by atoms with E-state index in [0.29, 0.717) is 0 Å². The topological polar surface area (TPSA) is 64.6 Å². The first-order chi connectivity index (χ1) is 12.7. The van der Waals surface area contributed by atoms with Gasteiger partial charge in [-0.15, -0.1) is 13.2 Å². The first kappa shape index (κ1) is 20.8. The van der Waals surface area contributed by atoms with E-state index in [1.165, 1.54) is 18.2 Å². The first-order valence-electron chi connectivity index (χ1n) is 7.73. The molecule has 5 nitrogen and oxygen atoms in total. The van der Waals surface area contributed by atoms with E-state index in [9.17, 15) is 22.8 Å². The van der Waals surface area contributed by atoms with Crippen molar-refractivity contribution in [1.29, 1.82) is 0 Å². The van der Waals surface area contributed by atoms with Gasteiger partial charge in [-0.3, -0.25) is 9.59 Å². The summed E-state index contributed by atoms with van der Waals surface area (Å²) in [6.45, 7) is -0.729. The minimum absolute atomic E-state index is 0.00279. The summed E-state index contributed by atoms with van der Waals surface area (Å²) >= 11 is 3.28. The molecule has 0 saturated carbocycles. The molecule has 0 fully saturated rings. The lowest BCUT2D eigenvalue weighted by atomic mass is 10.2. The van der Waals surface area contributed by atoms with Crippen LogP contribution in [0, 0.1) is 0 Å². The van der Waals surface area contributed by atoms with Crippen molar-refractivity contribution in [1.82, 2.24) is 5.32 Å². The molecule has 0 aromatic heterocycles. The van der Waals surface area contributed by atoms with Crippen LogP contribution in [0.3, 0.4) is 0 Å². The molecule has 1 N–H and O–H groups in total. The molecule has 0 aliphatic rings. The van der Waals surface area contributed by atoms with Crippen LogP contribution < -0.4 is 10.1 Å². The summed E-state index contributed by atoms with van der Waals surface area (Å²) in [5.74, 6) is -1.63. The number of nitrogens with one attached hydrogen (secondary N) is 1. The van der Waals surface area contributed by atoms with Crippen molar-refractivity contribution < 1.29 is 32.2 Å². The summed E-state index contributed by atoms with van der Waals surface area (Å²) in [4.78, 5) is 23.5. The Bertz CT molecular complexity index is 794. The number of para-hydroxylation sites is 1. The van der Waals surface area contributed by atoms with Crippen LogP contribution in [0.4, 0.5) is 13.2 Å². The number of hydrogen-bond donors (Lipinski definition) is 1. The Morgan fingerprint density at radius 2 is 1.70 bits per heavy atom. The molecular formula is C18H15BrF3NO4. The molecule has 2 aromatic carbocycles. The van der Waals surface area contributed by atoms with E-state index >= 15 is 0 Å². The van der Waals surface area contributed by atoms with Crippen LogP contribution in [0.15, 0.2) is 53.0 Å². The SMILES string of the molecule is O=C(COC(=O)Cc1ccc(Br)cc1)NCc1ccccc1OC(F)(F)F. The van der Waals surface area contributed by atoms with Crippen LogP contribution >= 0.6 is 15.9 Å². The first-order valence-corrected chi connectivity index (χ1v) is 8.52. The van der Waals surface area contributed by atoms with E-state index in [4.69, 9.17) is 4.74 Å². The highest BCUT2D eigenvalue weighted by molar-refractivity contribution is 9.10. The van der Waals surface area contributed by atoms with E-state index < -0.39 is 30.6 Å². The molecule has 0 bridgehead atoms. The molecule has 0 aliphatic heterocycles. The fraction of sp³-hybridized carbons (Fsp3) is 0.222. The van der Waals surface area contributed by atoms with Gasteiger partial charge in [-0.2, -0.15) is 0 Å². The van der Waals surface area contributed by atoms with E-state index in [0.717, 1.165) is 16.1 Å². The molecular weight excluding hydrogens is 431 g/mol. The third-order valence-corrected chi connectivity index (χ3v) is 3.83. The lowest BCUT2D eigenvalue weighted by Crippen LogP contribution is -2.29. The number of alkyl halides is 3. The van der Waals surface area contributed by atoms with Gasteiger partial charge in [0.15, 0.2) is 6.61 Å². The second-order valence-electron chi connectivity index (χ2n) is 5.40. The maximum Gasteiger partial charge on any atom is 0.573 e. The monoisotopic (exact) mass is 445 g/mol. The maximum atomic E-state index is 12.4. The van der Waals surface area contributed by atoms with Crippen molar-refractivity contribution in [3.63, 3.8) is 0 Å². The number of carbonyl (C=O) groups is 2. The minimum Gasteiger partial charge on any atom is -0.455 e. The Morgan fingerprint density at radius 1 is 1.04 bits per heavy atom. The Balaban J connectivity index is 1.79. The summed E-state index contributed by atoms with van der Waals surface area (Å²) in [7, 11) is 0. The molecule has 2 aromatic rings. The molecule has 0 spiro atoms. The van der Waals surface area contributed by atoms with Crippen LogP contribution in [0.2, 0.25) is 0 Å². The number of benzene rings is 2. The Morgan fingerprint density at radius 3 is 2.37 bits per heavy atom. The van der Waals surface area contributed by atoms with Crippen molar-refractivity contribution in [3.05, 3.63) is 64.1 Å². The smallest absolute Gasteiger partial charge is 0.455 e. The highest BCUT2D eigenvalue weighted by atomic mass is 79.9. The quantitative estimate of drug-likeness (QED) is 0.659. The van der Waals surface area contributed by atoms with Gasteiger partial charge in [0.05, 0.1) is 6.42 Å². The van der Waals surface area contributed by atoms with Crippen molar-refractivity contribution in [3.8, 4) is 5.75 Å². The number of amides is 1. The molecule has 1 amide bonds. The number of ether oxygens (including phenoxy) is 2. The molecule has 9 heteroatoms. The molecule has 0 saturated heterocycles. The largest absolute Gasteiger partial charge is 0.573 e. The number of carbonyl (C=O) groups excluding carboxylic acids is 2. The zero-order chi connectivity index (χ0) is 19.9. The molecule has 144 valence electrons. The third-order valence-electron chi connectivity index (χ3n) is 3.30. The summed E-state index contributed by atoms with van der Waals surface area (Å²) < 4.78 is 46.7. The number of hydrogen-bond acceptors (Lipinski definition) is 4. The van der Waals surface area contributed by atoms with E-state index in [-0.39, 0.29) is 18.5 Å². The standard InChI is InChI=1S/C18H15BrF3NO4/c19-14-7-5-12(6-8-14)9-17(25)26-11-16(24)23-10-13-3-1-2-4-15(13)27-18(20,21)22/h1-8H,9-11H2,(H,23,24). The van der Waals surface area contributed by atoms with Crippen molar-refractivity contribution >= 4 is 27.8 Å². The lowest BCUT2D eigenvalue weighted by molar-refractivity contribution is -0.274. The fourth-order valence-electron chi connectivity index (χ4n) is 2.08. The van der Waals surface area contributed by atoms with Gasteiger partial charge >= 0.3 is 12.3 Å². The van der Waals surface area contributed by atoms with Gasteiger partial charge in [0.2, 0.25) is 0 Å². The van der Waals surface area contributed by atoms with Crippen molar-refractivity contribution in [2.75, 3.05) is 6.61 Å². The average molecular weight is 446 g/mol. The minimum atomic E-state index is -4.83. The normalized spacial score (nSPS) is 11.0. The predicted octanol–water partition coefficient (Wildman–Crippen LogP) is 3.75. The third kappa shape index (κ3) is 7.69. The Labute approximate surface area is 161 Å². The van der Waals surface area contributed by atoms with Crippen LogP contribution in [0.5, 0.6) is 5.75 Å². The van der Waals surface area contributed by atoms with E-state index in [2.05, 4.69) is 26.0 Å². The molecule has 0 unspecified atom stereocenters. The summed E-state index contributed by atoms with van der Waals surface area (Å²) in [6, 6.07) is 12.5. The number of rotatable bonds is 7. The van der Waals surface area contributed by atoms with Crippen LogP contribution in [-0.4, -0.2) is 24.8 Å². The molecule has 0 radical (unpaired) electrons. The lowest BCUT2D eigenvalue weighted by Gasteiger charge is -2.13. The molecule has 0 heterocycles. The Kier molecular flexibility index (Phi) is 7.23. The van der Waals surface area contributed by atoms with Gasteiger partial charge in [0, 0.05) is 16.6 Å². The van der Waals surface area contributed by atoms with E-state index in [1.54, 1.807) is 24.3 Å². The van der Waals surface area contributed by atoms with Crippen molar-refractivity contribution in [2.24, 2.45) is 0 Å². The van der Waals surface area contributed by atoms with Gasteiger partial charge in [-0.05, 0) is 23.8 Å². The molecule has 27 heavy (non-hydrogen) atoms. The fourth-order valence-corrected chi connectivity index (χ4v) is 2.35. The predicted molar refractivity (Wildman–Crippen MR) is 93.8 cm³/mol. The van der Waals surface area contributed by atoms with Crippen LogP contribution in [0.1, 0.15) is 11.1 Å². The van der Waals surface area contributed by atoms with Crippen molar-refractivity contribution in [2.45, 2.75) is 19.3 Å². The van der Waals surface area contributed by atoms with Crippen LogP contribution in [0.25, 0.3) is 0 Å². The van der Waals surface area contributed by atoms with Gasteiger partial charge in [-0.1, -0.05) is 46.3 Å². The summed E-state index contributed by atoms with van der Waals surface area (Å²) in [6.07, 6.45) is -4.83. The highest BCUT2D eigenvalue weighted by Gasteiger charge is 2.31. The zero-order valence-electron chi connectivity index (χ0n) is 13.9. The maximum absolute atomic E-state index is 12.4. The van der Waals surface area contributed by atoms with Gasteiger partial charge in [-0.25, -0.2) is 0 Å². The molecule has 0 atom stereocenters. The molecule has 2 rings (SSSR count). The van der Waals surface area contributed by atoms with E-state index in [1.807, 2.05) is 0 Å². The Hall–Kier alpha value is -2.55. The average Bonchev–Trinajstić information content (AvgIpc) is 2.60. The van der Waals surface area contributed by atoms with Gasteiger partial charge in [0.25, 0.3) is 5.91 Å². The summed E-state index contributed by atoms with van der Waals surface area (Å²) in [5, 5.41) is 2.38. The zero-order valence-corrected chi connectivity index (χ0v) is 15.5. The summed E-state index contributed by atoms with van der Waals surface area (Å²) in [5.41, 5.74) is 0.867. The van der Waals surface area contributed by atoms with Gasteiger partial charge in [0.1, 0.15) is 5.75 Å². The van der Waals surface area contributed by atoms with Crippen LogP contribution in [-0.2, 0) is 27.3 Å². The number of halogens is 4. The second-order valence-corrected chi connectivity index (χ2v) is 6.31. The highest BCUT2D eigenvalue weighted by Crippen LogP contribution is 2.26.